The Morgan fingerprint density at radius 1 is 0.897 bits per heavy atom. The average molecular weight is 545 g/mol. The molecule has 1 fully saturated rings. The van der Waals surface area contributed by atoms with E-state index in [9.17, 15) is 9.59 Å². The number of ether oxygens (including phenoxy) is 3. The van der Waals surface area contributed by atoms with Gasteiger partial charge in [0, 0.05) is 23.4 Å². The lowest BCUT2D eigenvalue weighted by Crippen LogP contribution is -2.33. The summed E-state index contributed by atoms with van der Waals surface area (Å²) in [6.45, 7) is 2.56. The number of hydrogen-bond acceptors (Lipinski definition) is 6. The van der Waals surface area contributed by atoms with Gasteiger partial charge in [-0.2, -0.15) is 12.6 Å². The second kappa shape index (κ2) is 12.4. The number of rotatable bonds is 10. The molecule has 0 amide bonds. The molecule has 1 aliphatic rings. The monoisotopic (exact) mass is 544 g/mol. The second-order valence-corrected chi connectivity index (χ2v) is 10.4. The first-order valence-corrected chi connectivity index (χ1v) is 13.6. The fourth-order valence-electron chi connectivity index (χ4n) is 4.67. The zero-order valence-electron chi connectivity index (χ0n) is 21.8. The van der Waals surface area contributed by atoms with Crippen LogP contribution in [0.2, 0.25) is 0 Å². The predicted octanol–water partition coefficient (Wildman–Crippen LogP) is 5.22. The standard InChI is InChI=1S/C31H32N2O5S/c1-21-18-33(31(35)32-30(21)34)29-17-28(39)26(38-29)15-13-22-12-14-25(36-19-23-8-4-2-5-9-23)27(16-22)37-20-24-10-6-3-7-11-24/h2-12,14,16,18,26,28-29,39H,13,15,17,19-20H2,1H3,(H,32,34,35)/t26-,28+,29-/m1/s1. The van der Waals surface area contributed by atoms with Crippen molar-refractivity contribution in [3.05, 3.63) is 128 Å². The van der Waals surface area contributed by atoms with E-state index >= 15 is 0 Å². The normalized spacial score (nSPS) is 18.7. The Hall–Kier alpha value is -3.75. The van der Waals surface area contributed by atoms with Crippen molar-refractivity contribution in [2.75, 3.05) is 0 Å². The molecule has 0 radical (unpaired) electrons. The topological polar surface area (TPSA) is 82.6 Å². The number of hydrogen-bond donors (Lipinski definition) is 2. The van der Waals surface area contributed by atoms with Crippen LogP contribution < -0.4 is 20.7 Å². The van der Waals surface area contributed by atoms with E-state index in [1.54, 1.807) is 13.1 Å². The lowest BCUT2D eigenvalue weighted by molar-refractivity contribution is -0.00328. The van der Waals surface area contributed by atoms with E-state index in [0.29, 0.717) is 36.7 Å². The molecule has 202 valence electrons. The zero-order chi connectivity index (χ0) is 27.2. The molecule has 8 heteroatoms. The van der Waals surface area contributed by atoms with Crippen molar-refractivity contribution in [1.29, 1.82) is 0 Å². The van der Waals surface area contributed by atoms with Gasteiger partial charge in [0.05, 0.1) is 6.10 Å². The molecule has 0 spiro atoms. The van der Waals surface area contributed by atoms with Gasteiger partial charge < -0.3 is 14.2 Å². The highest BCUT2D eigenvalue weighted by atomic mass is 32.1. The molecule has 0 bridgehead atoms. The van der Waals surface area contributed by atoms with Crippen molar-refractivity contribution in [2.45, 2.75) is 57.0 Å². The maximum Gasteiger partial charge on any atom is 0.330 e. The molecule has 0 unspecified atom stereocenters. The Bertz CT molecular complexity index is 1500. The first-order valence-electron chi connectivity index (χ1n) is 13.1. The third kappa shape index (κ3) is 6.82. The highest BCUT2D eigenvalue weighted by molar-refractivity contribution is 7.81. The molecule has 1 aliphatic heterocycles. The number of aromatic nitrogens is 2. The summed E-state index contributed by atoms with van der Waals surface area (Å²) in [7, 11) is 0. The van der Waals surface area contributed by atoms with E-state index in [-0.39, 0.29) is 16.9 Å². The van der Waals surface area contributed by atoms with Crippen LogP contribution in [0.3, 0.4) is 0 Å². The number of thiol groups is 1. The van der Waals surface area contributed by atoms with Gasteiger partial charge in [0.1, 0.15) is 19.4 Å². The maximum atomic E-state index is 12.3. The summed E-state index contributed by atoms with van der Waals surface area (Å²) in [4.78, 5) is 26.4. The largest absolute Gasteiger partial charge is 0.485 e. The van der Waals surface area contributed by atoms with E-state index in [2.05, 4.69) is 4.98 Å². The van der Waals surface area contributed by atoms with Crippen LogP contribution in [0.1, 0.15) is 41.3 Å². The summed E-state index contributed by atoms with van der Waals surface area (Å²) in [5.41, 5.74) is 2.87. The number of nitrogens with zero attached hydrogens (tertiary/aromatic N) is 1. The van der Waals surface area contributed by atoms with Crippen LogP contribution >= 0.6 is 12.6 Å². The molecule has 1 N–H and O–H groups in total. The first kappa shape index (κ1) is 26.8. The minimum atomic E-state index is -0.469. The predicted molar refractivity (Wildman–Crippen MR) is 154 cm³/mol. The summed E-state index contributed by atoms with van der Waals surface area (Å²) in [6.07, 6.45) is 3.01. The van der Waals surface area contributed by atoms with E-state index in [1.165, 1.54) is 4.57 Å². The SMILES string of the molecule is Cc1cn([C@H]2C[C@H](S)[C@@H](CCc3ccc(OCc4ccccc4)c(OCc4ccccc4)c3)O2)c(=O)[nH]c1=O. The number of H-pyrrole nitrogens is 1. The Labute approximate surface area is 232 Å². The molecule has 2 heterocycles. The molecule has 1 saturated heterocycles. The third-order valence-corrected chi connectivity index (χ3v) is 7.40. The fourth-order valence-corrected chi connectivity index (χ4v) is 5.07. The van der Waals surface area contributed by atoms with Crippen LogP contribution in [0.25, 0.3) is 0 Å². The molecule has 4 aromatic rings. The molecule has 5 rings (SSSR count). The van der Waals surface area contributed by atoms with Crippen molar-refractivity contribution in [1.82, 2.24) is 9.55 Å². The molecular formula is C31H32N2O5S. The minimum absolute atomic E-state index is 0.0311. The van der Waals surface area contributed by atoms with Crippen molar-refractivity contribution in [3.8, 4) is 11.5 Å². The summed E-state index contributed by atoms with van der Waals surface area (Å²) in [5, 5.41) is -0.0311. The van der Waals surface area contributed by atoms with Crippen molar-refractivity contribution in [3.63, 3.8) is 0 Å². The molecule has 1 aromatic heterocycles. The molecule has 3 atom stereocenters. The zero-order valence-corrected chi connectivity index (χ0v) is 22.7. The fraction of sp³-hybridized carbons (Fsp3) is 0.290. The van der Waals surface area contributed by atoms with E-state index < -0.39 is 11.9 Å². The van der Waals surface area contributed by atoms with Gasteiger partial charge in [0.25, 0.3) is 5.56 Å². The van der Waals surface area contributed by atoms with Crippen LogP contribution in [0.5, 0.6) is 11.5 Å². The summed E-state index contributed by atoms with van der Waals surface area (Å²) < 4.78 is 20.0. The molecule has 0 saturated carbocycles. The number of aryl methyl sites for hydroxylation is 2. The van der Waals surface area contributed by atoms with Crippen molar-refractivity contribution >= 4 is 12.6 Å². The van der Waals surface area contributed by atoms with E-state index in [0.717, 1.165) is 29.5 Å². The summed E-state index contributed by atoms with van der Waals surface area (Å²) in [5.74, 6) is 1.38. The Morgan fingerprint density at radius 3 is 2.21 bits per heavy atom. The van der Waals surface area contributed by atoms with Gasteiger partial charge >= 0.3 is 5.69 Å². The molecule has 0 aliphatic carbocycles. The van der Waals surface area contributed by atoms with Crippen LogP contribution in [0, 0.1) is 6.92 Å². The number of aromatic amines is 1. The van der Waals surface area contributed by atoms with Crippen LogP contribution in [0.15, 0.2) is 94.6 Å². The lowest BCUT2D eigenvalue weighted by Gasteiger charge is -2.18. The highest BCUT2D eigenvalue weighted by Gasteiger charge is 2.34. The van der Waals surface area contributed by atoms with Gasteiger partial charge in [-0.15, -0.1) is 0 Å². The number of nitrogens with one attached hydrogen (secondary N) is 1. The highest BCUT2D eigenvalue weighted by Crippen LogP contribution is 2.35. The van der Waals surface area contributed by atoms with Gasteiger partial charge in [-0.25, -0.2) is 4.79 Å². The summed E-state index contributed by atoms with van der Waals surface area (Å²) >= 11 is 4.74. The van der Waals surface area contributed by atoms with E-state index in [4.69, 9.17) is 26.8 Å². The quantitative estimate of drug-likeness (QED) is 0.268. The Balaban J connectivity index is 1.27. The first-order chi connectivity index (χ1) is 19.0. The van der Waals surface area contributed by atoms with Gasteiger partial charge in [-0.3, -0.25) is 14.3 Å². The lowest BCUT2D eigenvalue weighted by atomic mass is 10.0. The molecule has 7 nitrogen and oxygen atoms in total. The Morgan fingerprint density at radius 2 is 1.54 bits per heavy atom. The minimum Gasteiger partial charge on any atom is -0.485 e. The molecule has 3 aromatic carbocycles. The van der Waals surface area contributed by atoms with Crippen LogP contribution in [0.4, 0.5) is 0 Å². The maximum absolute atomic E-state index is 12.3. The Kier molecular flexibility index (Phi) is 8.54. The number of benzene rings is 3. The van der Waals surface area contributed by atoms with Gasteiger partial charge in [0.15, 0.2) is 11.5 Å². The van der Waals surface area contributed by atoms with E-state index in [1.807, 2.05) is 78.9 Å². The van der Waals surface area contributed by atoms with Gasteiger partial charge in [-0.1, -0.05) is 66.7 Å². The van der Waals surface area contributed by atoms with Crippen molar-refractivity contribution in [2.24, 2.45) is 0 Å². The van der Waals surface area contributed by atoms with Crippen LogP contribution in [-0.4, -0.2) is 20.9 Å². The molecule has 39 heavy (non-hydrogen) atoms. The van der Waals surface area contributed by atoms with Gasteiger partial charge in [0.2, 0.25) is 0 Å². The molecular weight excluding hydrogens is 512 g/mol. The van der Waals surface area contributed by atoms with Crippen LogP contribution in [-0.2, 0) is 24.4 Å². The second-order valence-electron chi connectivity index (χ2n) is 9.78. The van der Waals surface area contributed by atoms with Crippen molar-refractivity contribution < 1.29 is 14.2 Å². The van der Waals surface area contributed by atoms with Gasteiger partial charge in [-0.05, 0) is 48.6 Å². The average Bonchev–Trinajstić information content (AvgIpc) is 3.33. The smallest absolute Gasteiger partial charge is 0.330 e. The third-order valence-electron chi connectivity index (χ3n) is 6.86. The summed E-state index contributed by atoms with van der Waals surface area (Å²) in [6, 6.07) is 26.1.